The number of hydrogen-bond donors (Lipinski definition) is 1. The number of benzene rings is 4. The quantitative estimate of drug-likeness (QED) is 0.313. The molecule has 0 bridgehead atoms. The molecule has 5 nitrogen and oxygen atoms in total. The van der Waals surface area contributed by atoms with Gasteiger partial charge in [0.1, 0.15) is 18.2 Å². The zero-order chi connectivity index (χ0) is 22.6. The maximum absolute atomic E-state index is 13.2. The van der Waals surface area contributed by atoms with Gasteiger partial charge in [0, 0.05) is 5.56 Å². The highest BCUT2D eigenvalue weighted by molar-refractivity contribution is 7.89. The minimum atomic E-state index is -3.80. The van der Waals surface area contributed by atoms with Gasteiger partial charge in [0.2, 0.25) is 0 Å². The summed E-state index contributed by atoms with van der Waals surface area (Å²) in [4.78, 5) is 2.39. The molecule has 0 amide bonds. The van der Waals surface area contributed by atoms with E-state index < -0.39 is 10.0 Å². The van der Waals surface area contributed by atoms with Gasteiger partial charge in [0.25, 0.3) is 10.0 Å². The van der Waals surface area contributed by atoms with Crippen molar-refractivity contribution in [2.24, 2.45) is 5.10 Å². The van der Waals surface area contributed by atoms with E-state index in [1.54, 1.807) is 24.3 Å². The van der Waals surface area contributed by atoms with Crippen LogP contribution in [0.3, 0.4) is 0 Å². The van der Waals surface area contributed by atoms with Crippen molar-refractivity contribution < 1.29 is 17.5 Å². The summed E-state index contributed by atoms with van der Waals surface area (Å²) in [5, 5.41) is 5.82. The van der Waals surface area contributed by atoms with Gasteiger partial charge < -0.3 is 4.74 Å². The monoisotopic (exact) mass is 448 g/mol. The van der Waals surface area contributed by atoms with E-state index in [-0.39, 0.29) is 17.3 Å². The molecule has 0 unspecified atom stereocenters. The smallest absolute Gasteiger partial charge is 0.276 e. The first kappa shape index (κ1) is 21.5. The van der Waals surface area contributed by atoms with E-state index >= 15 is 0 Å². The average molecular weight is 449 g/mol. The van der Waals surface area contributed by atoms with E-state index in [0.29, 0.717) is 11.3 Å². The van der Waals surface area contributed by atoms with Gasteiger partial charge in [-0.2, -0.15) is 13.5 Å². The molecule has 0 aliphatic rings. The van der Waals surface area contributed by atoms with Crippen LogP contribution in [0.15, 0.2) is 94.9 Å². The van der Waals surface area contributed by atoms with Gasteiger partial charge in [-0.3, -0.25) is 0 Å². The van der Waals surface area contributed by atoms with Crippen LogP contribution in [-0.2, 0) is 16.6 Å². The number of nitrogens with zero attached hydrogens (tertiary/aromatic N) is 1. The topological polar surface area (TPSA) is 67.8 Å². The molecule has 7 heteroatoms. The van der Waals surface area contributed by atoms with Gasteiger partial charge in [-0.25, -0.2) is 9.22 Å². The number of hydrogen-bond acceptors (Lipinski definition) is 4. The first-order chi connectivity index (χ1) is 15.4. The Hall–Kier alpha value is -3.71. The van der Waals surface area contributed by atoms with Crippen molar-refractivity contribution in [2.45, 2.75) is 18.4 Å². The highest BCUT2D eigenvalue weighted by Gasteiger charge is 2.13. The number of sulfonamides is 1. The maximum atomic E-state index is 13.2. The SMILES string of the molecule is Cc1ccc(S(=O)(=O)N/N=C/c2c(OCc3ccc(F)cc3)ccc3ccccc23)cc1. The third kappa shape index (κ3) is 4.95. The summed E-state index contributed by atoms with van der Waals surface area (Å²) in [6, 6.07) is 24.0. The van der Waals surface area contributed by atoms with E-state index in [2.05, 4.69) is 9.93 Å². The summed E-state index contributed by atoms with van der Waals surface area (Å²) >= 11 is 0. The van der Waals surface area contributed by atoms with Crippen LogP contribution >= 0.6 is 0 Å². The molecule has 0 atom stereocenters. The Morgan fingerprint density at radius 3 is 2.41 bits per heavy atom. The van der Waals surface area contributed by atoms with Gasteiger partial charge in [-0.05, 0) is 53.6 Å². The predicted molar refractivity (Wildman–Crippen MR) is 124 cm³/mol. The Morgan fingerprint density at radius 2 is 1.66 bits per heavy atom. The van der Waals surface area contributed by atoms with Crippen LogP contribution < -0.4 is 9.57 Å². The van der Waals surface area contributed by atoms with Crippen molar-refractivity contribution >= 4 is 27.0 Å². The Kier molecular flexibility index (Phi) is 6.18. The maximum Gasteiger partial charge on any atom is 0.276 e. The molecule has 0 spiro atoms. The Labute approximate surface area is 186 Å². The van der Waals surface area contributed by atoms with Crippen molar-refractivity contribution in [3.63, 3.8) is 0 Å². The van der Waals surface area contributed by atoms with Gasteiger partial charge >= 0.3 is 0 Å². The second-order valence-electron chi connectivity index (χ2n) is 7.28. The summed E-state index contributed by atoms with van der Waals surface area (Å²) in [5.41, 5.74) is 2.41. The largest absolute Gasteiger partial charge is 0.488 e. The van der Waals surface area contributed by atoms with Crippen LogP contribution in [0.4, 0.5) is 4.39 Å². The average Bonchev–Trinajstić information content (AvgIpc) is 2.79. The number of rotatable bonds is 7. The number of nitrogens with one attached hydrogen (secondary N) is 1. The number of aryl methyl sites for hydroxylation is 1. The van der Waals surface area contributed by atoms with Crippen LogP contribution in [0.2, 0.25) is 0 Å². The van der Waals surface area contributed by atoms with Crippen LogP contribution in [0.25, 0.3) is 10.8 Å². The molecule has 0 fully saturated rings. The van der Waals surface area contributed by atoms with Gasteiger partial charge in [-0.1, -0.05) is 60.2 Å². The summed E-state index contributed by atoms with van der Waals surface area (Å²) in [6.45, 7) is 2.12. The standard InChI is InChI=1S/C25H21FN2O3S/c1-18-6-13-22(14-7-18)32(29,30)28-27-16-24-23-5-3-2-4-20(23)10-15-25(24)31-17-19-8-11-21(26)12-9-19/h2-16,28H,17H2,1H3/b27-16+. The highest BCUT2D eigenvalue weighted by Crippen LogP contribution is 2.27. The molecule has 0 aliphatic heterocycles. The lowest BCUT2D eigenvalue weighted by molar-refractivity contribution is 0.306. The van der Waals surface area contributed by atoms with Crippen molar-refractivity contribution in [1.82, 2.24) is 4.83 Å². The molecule has 0 saturated heterocycles. The fourth-order valence-corrected chi connectivity index (χ4v) is 4.00. The van der Waals surface area contributed by atoms with E-state index in [0.717, 1.165) is 21.9 Å². The van der Waals surface area contributed by atoms with Gasteiger partial charge in [0.15, 0.2) is 0 Å². The third-order valence-corrected chi connectivity index (χ3v) is 6.17. The Balaban J connectivity index is 1.61. The second-order valence-corrected chi connectivity index (χ2v) is 8.94. The molecule has 1 N–H and O–H groups in total. The van der Waals surface area contributed by atoms with Crippen LogP contribution in [0.1, 0.15) is 16.7 Å². The van der Waals surface area contributed by atoms with Crippen molar-refractivity contribution in [2.75, 3.05) is 0 Å². The normalized spacial score (nSPS) is 11.7. The molecule has 0 radical (unpaired) electrons. The van der Waals surface area contributed by atoms with Crippen molar-refractivity contribution in [3.8, 4) is 5.75 Å². The zero-order valence-electron chi connectivity index (χ0n) is 17.3. The first-order valence-corrected chi connectivity index (χ1v) is 11.4. The fraction of sp³-hybridized carbons (Fsp3) is 0.0800. The molecule has 0 heterocycles. The minimum Gasteiger partial charge on any atom is -0.488 e. The minimum absolute atomic E-state index is 0.131. The first-order valence-electron chi connectivity index (χ1n) is 9.93. The van der Waals surface area contributed by atoms with E-state index in [9.17, 15) is 12.8 Å². The van der Waals surface area contributed by atoms with Crippen molar-refractivity contribution in [1.29, 1.82) is 0 Å². The molecule has 0 aliphatic carbocycles. The van der Waals surface area contributed by atoms with Gasteiger partial charge in [-0.15, -0.1) is 0 Å². The fourth-order valence-electron chi connectivity index (χ4n) is 3.21. The third-order valence-electron chi connectivity index (χ3n) is 4.94. The lowest BCUT2D eigenvalue weighted by Gasteiger charge is -2.12. The zero-order valence-corrected chi connectivity index (χ0v) is 18.1. The molecular formula is C25H21FN2O3S. The van der Waals surface area contributed by atoms with Crippen molar-refractivity contribution in [3.05, 3.63) is 107 Å². The summed E-state index contributed by atoms with van der Waals surface area (Å²) in [5.74, 6) is 0.222. The summed E-state index contributed by atoms with van der Waals surface area (Å²) in [7, 11) is -3.80. The number of hydrazone groups is 1. The Morgan fingerprint density at radius 1 is 0.938 bits per heavy atom. The molecular weight excluding hydrogens is 427 g/mol. The lowest BCUT2D eigenvalue weighted by Crippen LogP contribution is -2.18. The van der Waals surface area contributed by atoms with E-state index in [1.165, 1.54) is 30.5 Å². The van der Waals surface area contributed by atoms with E-state index in [1.807, 2.05) is 43.3 Å². The predicted octanol–water partition coefficient (Wildman–Crippen LogP) is 5.18. The van der Waals surface area contributed by atoms with Gasteiger partial charge in [0.05, 0.1) is 11.1 Å². The van der Waals surface area contributed by atoms with E-state index in [4.69, 9.17) is 4.74 Å². The number of halogens is 1. The number of ether oxygens (including phenoxy) is 1. The number of fused-ring (bicyclic) bond motifs is 1. The molecule has 4 rings (SSSR count). The molecule has 0 saturated carbocycles. The Bertz CT molecular complexity index is 1370. The summed E-state index contributed by atoms with van der Waals surface area (Å²) in [6.07, 6.45) is 1.44. The summed E-state index contributed by atoms with van der Waals surface area (Å²) < 4.78 is 44.2. The highest BCUT2D eigenvalue weighted by atomic mass is 32.2. The van der Waals surface area contributed by atoms with Crippen LogP contribution in [-0.4, -0.2) is 14.6 Å². The second kappa shape index (κ2) is 9.20. The molecule has 4 aromatic carbocycles. The van der Waals surface area contributed by atoms with Crippen LogP contribution in [0, 0.1) is 12.7 Å². The molecule has 0 aromatic heterocycles. The molecule has 32 heavy (non-hydrogen) atoms. The lowest BCUT2D eigenvalue weighted by atomic mass is 10.0. The molecule has 162 valence electrons. The van der Waals surface area contributed by atoms with Crippen LogP contribution in [0.5, 0.6) is 5.75 Å². The molecule has 4 aromatic rings.